The minimum atomic E-state index is -0.0307. The zero-order valence-electron chi connectivity index (χ0n) is 8.26. The molecule has 5 heteroatoms. The molecule has 0 aliphatic rings. The van der Waals surface area contributed by atoms with E-state index in [9.17, 15) is 0 Å². The quantitative estimate of drug-likeness (QED) is 0.861. The third-order valence-electron chi connectivity index (χ3n) is 2.05. The second kappa shape index (κ2) is 4.28. The van der Waals surface area contributed by atoms with Gasteiger partial charge in [-0.1, -0.05) is 0 Å². The predicted molar refractivity (Wildman–Crippen MR) is 66.7 cm³/mol. The van der Waals surface area contributed by atoms with E-state index in [1.807, 2.05) is 25.3 Å². The van der Waals surface area contributed by atoms with E-state index < -0.39 is 0 Å². The van der Waals surface area contributed by atoms with Crippen molar-refractivity contribution in [2.45, 2.75) is 13.0 Å². The van der Waals surface area contributed by atoms with Crippen LogP contribution >= 0.6 is 22.6 Å². The van der Waals surface area contributed by atoms with Crippen LogP contribution in [0.1, 0.15) is 18.7 Å². The lowest BCUT2D eigenvalue weighted by molar-refractivity contribution is 0.775. The standard InChI is InChI=1S/C10H11IN4/c1-7(12)10-3-2-9(5-13-10)15-6-8(11)4-14-15/h2-7H,12H2,1H3. The van der Waals surface area contributed by atoms with Crippen LogP contribution in [0.2, 0.25) is 0 Å². The van der Waals surface area contributed by atoms with Crippen molar-refractivity contribution in [3.63, 3.8) is 0 Å². The van der Waals surface area contributed by atoms with Gasteiger partial charge in [-0.3, -0.25) is 4.98 Å². The summed E-state index contributed by atoms with van der Waals surface area (Å²) in [5, 5.41) is 4.20. The number of hydrogen-bond donors (Lipinski definition) is 1. The molecule has 0 aromatic carbocycles. The Morgan fingerprint density at radius 3 is 2.67 bits per heavy atom. The van der Waals surface area contributed by atoms with Gasteiger partial charge in [0.05, 0.1) is 27.3 Å². The van der Waals surface area contributed by atoms with Crippen LogP contribution in [-0.4, -0.2) is 14.8 Å². The Kier molecular flexibility index (Phi) is 3.01. The summed E-state index contributed by atoms with van der Waals surface area (Å²) >= 11 is 2.22. The molecule has 0 saturated heterocycles. The van der Waals surface area contributed by atoms with Crippen molar-refractivity contribution in [1.29, 1.82) is 0 Å². The van der Waals surface area contributed by atoms with Crippen molar-refractivity contribution < 1.29 is 0 Å². The maximum atomic E-state index is 5.72. The van der Waals surface area contributed by atoms with Crippen LogP contribution < -0.4 is 5.73 Å². The Labute approximate surface area is 102 Å². The van der Waals surface area contributed by atoms with Crippen LogP contribution in [0.5, 0.6) is 0 Å². The first-order valence-corrected chi connectivity index (χ1v) is 5.67. The van der Waals surface area contributed by atoms with Gasteiger partial charge in [0.25, 0.3) is 0 Å². The van der Waals surface area contributed by atoms with E-state index in [-0.39, 0.29) is 6.04 Å². The molecule has 0 fully saturated rings. The van der Waals surface area contributed by atoms with Gasteiger partial charge in [0.2, 0.25) is 0 Å². The highest BCUT2D eigenvalue weighted by molar-refractivity contribution is 14.1. The Balaban J connectivity index is 2.31. The van der Waals surface area contributed by atoms with Crippen molar-refractivity contribution in [2.75, 3.05) is 0 Å². The monoisotopic (exact) mass is 314 g/mol. The van der Waals surface area contributed by atoms with Crippen molar-refractivity contribution in [3.8, 4) is 5.69 Å². The van der Waals surface area contributed by atoms with Gasteiger partial charge in [0, 0.05) is 12.2 Å². The average Bonchev–Trinajstić information content (AvgIpc) is 2.65. The van der Waals surface area contributed by atoms with Gasteiger partial charge in [-0.25, -0.2) is 4.68 Å². The Morgan fingerprint density at radius 1 is 1.40 bits per heavy atom. The molecule has 2 N–H and O–H groups in total. The van der Waals surface area contributed by atoms with E-state index in [2.05, 4.69) is 32.7 Å². The van der Waals surface area contributed by atoms with Gasteiger partial charge >= 0.3 is 0 Å². The van der Waals surface area contributed by atoms with E-state index in [0.717, 1.165) is 15.0 Å². The number of aromatic nitrogens is 3. The topological polar surface area (TPSA) is 56.7 Å². The van der Waals surface area contributed by atoms with Gasteiger partial charge in [0.15, 0.2) is 0 Å². The zero-order chi connectivity index (χ0) is 10.8. The first kappa shape index (κ1) is 10.6. The van der Waals surface area contributed by atoms with Gasteiger partial charge in [-0.15, -0.1) is 0 Å². The van der Waals surface area contributed by atoms with Crippen molar-refractivity contribution >= 4 is 22.6 Å². The van der Waals surface area contributed by atoms with Gasteiger partial charge in [-0.05, 0) is 41.6 Å². The van der Waals surface area contributed by atoms with E-state index in [1.54, 1.807) is 17.1 Å². The number of hydrogen-bond acceptors (Lipinski definition) is 3. The van der Waals surface area contributed by atoms with Crippen molar-refractivity contribution in [3.05, 3.63) is 40.0 Å². The lowest BCUT2D eigenvalue weighted by Gasteiger charge is -2.05. The maximum Gasteiger partial charge on any atom is 0.0829 e. The fourth-order valence-electron chi connectivity index (χ4n) is 1.24. The molecule has 0 aliphatic heterocycles. The number of nitrogens with two attached hydrogens (primary N) is 1. The Bertz CT molecular complexity index is 447. The summed E-state index contributed by atoms with van der Waals surface area (Å²) < 4.78 is 2.89. The van der Waals surface area contributed by atoms with Crippen LogP contribution in [-0.2, 0) is 0 Å². The highest BCUT2D eigenvalue weighted by Gasteiger charge is 2.02. The second-order valence-electron chi connectivity index (χ2n) is 3.33. The molecule has 0 radical (unpaired) electrons. The summed E-state index contributed by atoms with van der Waals surface area (Å²) in [6.07, 6.45) is 5.53. The van der Waals surface area contributed by atoms with E-state index >= 15 is 0 Å². The number of pyridine rings is 1. The number of rotatable bonds is 2. The van der Waals surface area contributed by atoms with E-state index in [1.165, 1.54) is 0 Å². The fraction of sp³-hybridized carbons (Fsp3) is 0.200. The molecule has 0 saturated carbocycles. The summed E-state index contributed by atoms with van der Waals surface area (Å²) in [5.74, 6) is 0. The van der Waals surface area contributed by atoms with Gasteiger partial charge in [0.1, 0.15) is 0 Å². The third kappa shape index (κ3) is 2.35. The van der Waals surface area contributed by atoms with Crippen LogP contribution in [0.15, 0.2) is 30.7 Å². The van der Waals surface area contributed by atoms with Gasteiger partial charge < -0.3 is 5.73 Å². The lowest BCUT2D eigenvalue weighted by atomic mass is 10.2. The van der Waals surface area contributed by atoms with Crippen LogP contribution in [0.25, 0.3) is 5.69 Å². The maximum absolute atomic E-state index is 5.72. The lowest BCUT2D eigenvalue weighted by Crippen LogP contribution is -2.07. The second-order valence-corrected chi connectivity index (χ2v) is 4.58. The molecule has 0 amide bonds. The highest BCUT2D eigenvalue weighted by atomic mass is 127. The minimum absolute atomic E-state index is 0.0307. The molecule has 2 heterocycles. The predicted octanol–water partition coefficient (Wildman–Crippen LogP) is 1.89. The average molecular weight is 314 g/mol. The summed E-state index contributed by atoms with van der Waals surface area (Å²) in [7, 11) is 0. The smallest absolute Gasteiger partial charge is 0.0829 e. The van der Waals surface area contributed by atoms with Crippen LogP contribution in [0.3, 0.4) is 0 Å². The Hall–Kier alpha value is -0.950. The highest BCUT2D eigenvalue weighted by Crippen LogP contribution is 2.11. The van der Waals surface area contributed by atoms with Crippen LogP contribution in [0.4, 0.5) is 0 Å². The molecular weight excluding hydrogens is 303 g/mol. The zero-order valence-corrected chi connectivity index (χ0v) is 10.4. The summed E-state index contributed by atoms with van der Waals surface area (Å²) in [6.45, 7) is 1.92. The Morgan fingerprint density at radius 2 is 2.20 bits per heavy atom. The van der Waals surface area contributed by atoms with E-state index in [4.69, 9.17) is 5.73 Å². The summed E-state index contributed by atoms with van der Waals surface area (Å²) in [6, 6.07) is 3.86. The van der Waals surface area contributed by atoms with Crippen molar-refractivity contribution in [1.82, 2.24) is 14.8 Å². The van der Waals surface area contributed by atoms with Crippen LogP contribution in [0, 0.1) is 3.57 Å². The molecule has 1 unspecified atom stereocenters. The number of halogens is 1. The van der Waals surface area contributed by atoms with Gasteiger partial charge in [-0.2, -0.15) is 5.10 Å². The van der Waals surface area contributed by atoms with E-state index in [0.29, 0.717) is 0 Å². The molecule has 0 bridgehead atoms. The fourth-order valence-corrected chi connectivity index (χ4v) is 1.63. The largest absolute Gasteiger partial charge is 0.323 e. The molecule has 1 atom stereocenters. The normalized spacial score (nSPS) is 12.7. The minimum Gasteiger partial charge on any atom is -0.323 e. The molecule has 78 valence electrons. The SMILES string of the molecule is CC(N)c1ccc(-n2cc(I)cn2)cn1. The molecule has 15 heavy (non-hydrogen) atoms. The molecular formula is C10H11IN4. The molecule has 2 aromatic rings. The van der Waals surface area contributed by atoms with Crippen molar-refractivity contribution in [2.24, 2.45) is 5.73 Å². The third-order valence-corrected chi connectivity index (χ3v) is 2.61. The summed E-state index contributed by atoms with van der Waals surface area (Å²) in [5.41, 5.74) is 7.56. The first-order chi connectivity index (χ1) is 7.16. The number of nitrogens with zero attached hydrogens (tertiary/aromatic N) is 3. The first-order valence-electron chi connectivity index (χ1n) is 4.59. The molecule has 4 nitrogen and oxygen atoms in total. The molecule has 0 aliphatic carbocycles. The molecule has 2 aromatic heterocycles. The molecule has 0 spiro atoms. The molecule has 2 rings (SSSR count). The summed E-state index contributed by atoms with van der Waals surface area (Å²) in [4.78, 5) is 4.28.